The largest absolute Gasteiger partial charge is 0.408 e. The third-order valence-electron chi connectivity index (χ3n) is 2.88. The van der Waals surface area contributed by atoms with Crippen LogP contribution in [-0.4, -0.2) is 21.1 Å². The van der Waals surface area contributed by atoms with Crippen molar-refractivity contribution in [3.8, 4) is 0 Å². The molecule has 0 saturated heterocycles. The number of nitrogens with zero attached hydrogens (tertiary/aromatic N) is 3. The maximum Gasteiger partial charge on any atom is 0.408 e. The SMILES string of the molecule is CCc1onc(C)c1CNc1nn(CC(F)(F)F)cc1Cl. The summed E-state index contributed by atoms with van der Waals surface area (Å²) < 4.78 is 42.8. The summed E-state index contributed by atoms with van der Waals surface area (Å²) in [6, 6.07) is 0. The number of nitrogens with one attached hydrogen (secondary N) is 1. The monoisotopic (exact) mass is 322 g/mol. The smallest absolute Gasteiger partial charge is 0.363 e. The van der Waals surface area contributed by atoms with Gasteiger partial charge in [0.05, 0.1) is 5.69 Å². The quantitative estimate of drug-likeness (QED) is 0.914. The molecular weight excluding hydrogens is 309 g/mol. The van der Waals surface area contributed by atoms with Crippen LogP contribution in [0, 0.1) is 6.92 Å². The van der Waals surface area contributed by atoms with Crippen molar-refractivity contribution in [1.29, 1.82) is 0 Å². The van der Waals surface area contributed by atoms with E-state index in [0.29, 0.717) is 13.0 Å². The summed E-state index contributed by atoms with van der Waals surface area (Å²) in [7, 11) is 0. The van der Waals surface area contributed by atoms with E-state index in [1.54, 1.807) is 6.92 Å². The topological polar surface area (TPSA) is 55.9 Å². The number of hydrogen-bond acceptors (Lipinski definition) is 4. The molecule has 2 heterocycles. The molecule has 0 aromatic carbocycles. The van der Waals surface area contributed by atoms with Gasteiger partial charge >= 0.3 is 6.18 Å². The molecule has 0 radical (unpaired) electrons. The normalized spacial score (nSPS) is 11.9. The van der Waals surface area contributed by atoms with E-state index in [2.05, 4.69) is 15.6 Å². The summed E-state index contributed by atoms with van der Waals surface area (Å²) in [6.45, 7) is 2.88. The summed E-state index contributed by atoms with van der Waals surface area (Å²) in [6.07, 6.45) is -2.53. The van der Waals surface area contributed by atoms with Gasteiger partial charge in [0.15, 0.2) is 5.82 Å². The van der Waals surface area contributed by atoms with Crippen LogP contribution in [0.15, 0.2) is 10.7 Å². The lowest BCUT2D eigenvalue weighted by atomic mass is 10.1. The van der Waals surface area contributed by atoms with Crippen molar-refractivity contribution in [2.45, 2.75) is 39.5 Å². The predicted molar refractivity (Wildman–Crippen MR) is 71.2 cm³/mol. The fourth-order valence-corrected chi connectivity index (χ4v) is 2.11. The van der Waals surface area contributed by atoms with Gasteiger partial charge in [-0.2, -0.15) is 18.3 Å². The zero-order chi connectivity index (χ0) is 15.6. The highest BCUT2D eigenvalue weighted by molar-refractivity contribution is 6.32. The minimum absolute atomic E-state index is 0.131. The van der Waals surface area contributed by atoms with Gasteiger partial charge in [0.25, 0.3) is 0 Å². The van der Waals surface area contributed by atoms with E-state index in [0.717, 1.165) is 27.9 Å². The molecule has 9 heteroatoms. The number of hydrogen-bond donors (Lipinski definition) is 1. The van der Waals surface area contributed by atoms with Crippen molar-refractivity contribution in [3.05, 3.63) is 28.2 Å². The first-order chi connectivity index (χ1) is 9.80. The Balaban J connectivity index is 2.08. The summed E-state index contributed by atoms with van der Waals surface area (Å²) in [5, 5.41) is 10.7. The average Bonchev–Trinajstić information content (AvgIpc) is 2.88. The van der Waals surface area contributed by atoms with E-state index in [-0.39, 0.29) is 10.8 Å². The second kappa shape index (κ2) is 5.97. The van der Waals surface area contributed by atoms with Crippen molar-refractivity contribution in [3.63, 3.8) is 0 Å². The summed E-state index contributed by atoms with van der Waals surface area (Å²) >= 11 is 5.88. The standard InChI is InChI=1S/C12H14ClF3N4O/c1-3-10-8(7(2)19-21-10)4-17-11-9(13)5-20(18-11)6-12(14,15)16/h5H,3-4,6H2,1-2H3,(H,17,18). The highest BCUT2D eigenvalue weighted by atomic mass is 35.5. The number of aryl methyl sites for hydroxylation is 2. The molecule has 116 valence electrons. The van der Waals surface area contributed by atoms with Crippen LogP contribution in [0.1, 0.15) is 23.9 Å². The molecule has 2 rings (SSSR count). The van der Waals surface area contributed by atoms with Gasteiger partial charge in [0.1, 0.15) is 17.3 Å². The number of alkyl halides is 3. The van der Waals surface area contributed by atoms with Crippen molar-refractivity contribution in [2.24, 2.45) is 0 Å². The Kier molecular flexibility index (Phi) is 4.46. The molecule has 1 N–H and O–H groups in total. The highest BCUT2D eigenvalue weighted by Crippen LogP contribution is 2.24. The summed E-state index contributed by atoms with van der Waals surface area (Å²) in [4.78, 5) is 0. The van der Waals surface area contributed by atoms with Gasteiger partial charge in [-0.15, -0.1) is 0 Å². The van der Waals surface area contributed by atoms with Gasteiger partial charge in [-0.3, -0.25) is 4.68 Å². The second-order valence-electron chi connectivity index (χ2n) is 4.52. The van der Waals surface area contributed by atoms with E-state index >= 15 is 0 Å². The van der Waals surface area contributed by atoms with Gasteiger partial charge in [0, 0.05) is 24.7 Å². The maximum absolute atomic E-state index is 12.3. The molecule has 0 aliphatic rings. The zero-order valence-electron chi connectivity index (χ0n) is 11.5. The predicted octanol–water partition coefficient (Wildman–Crippen LogP) is 3.57. The second-order valence-corrected chi connectivity index (χ2v) is 4.92. The molecule has 0 aliphatic carbocycles. The minimum Gasteiger partial charge on any atom is -0.363 e. The molecular formula is C12H14ClF3N4O. The third kappa shape index (κ3) is 3.90. The molecule has 0 spiro atoms. The fraction of sp³-hybridized carbons (Fsp3) is 0.500. The Hall–Kier alpha value is -1.70. The Morgan fingerprint density at radius 2 is 2.14 bits per heavy atom. The average molecular weight is 323 g/mol. The van der Waals surface area contributed by atoms with Crippen molar-refractivity contribution < 1.29 is 17.7 Å². The number of aromatic nitrogens is 3. The molecule has 0 fully saturated rings. The van der Waals surface area contributed by atoms with Crippen molar-refractivity contribution in [2.75, 3.05) is 5.32 Å². The first kappa shape index (κ1) is 15.7. The zero-order valence-corrected chi connectivity index (χ0v) is 12.2. The van der Waals surface area contributed by atoms with Crippen molar-refractivity contribution >= 4 is 17.4 Å². The molecule has 5 nitrogen and oxygen atoms in total. The Morgan fingerprint density at radius 1 is 1.43 bits per heavy atom. The molecule has 21 heavy (non-hydrogen) atoms. The van der Waals surface area contributed by atoms with Gasteiger partial charge in [-0.25, -0.2) is 0 Å². The molecule has 0 atom stereocenters. The molecule has 0 aliphatic heterocycles. The van der Waals surface area contributed by atoms with Gasteiger partial charge in [-0.05, 0) is 6.92 Å². The molecule has 0 unspecified atom stereocenters. The van der Waals surface area contributed by atoms with Crippen LogP contribution in [-0.2, 0) is 19.5 Å². The molecule has 2 aromatic heterocycles. The van der Waals surface area contributed by atoms with Gasteiger partial charge in [0.2, 0.25) is 0 Å². The molecule has 0 bridgehead atoms. The number of anilines is 1. The van der Waals surface area contributed by atoms with E-state index in [4.69, 9.17) is 16.1 Å². The third-order valence-corrected chi connectivity index (χ3v) is 3.15. The van der Waals surface area contributed by atoms with Crippen LogP contribution < -0.4 is 5.32 Å². The fourth-order valence-electron chi connectivity index (χ4n) is 1.89. The van der Waals surface area contributed by atoms with Gasteiger partial charge < -0.3 is 9.84 Å². The Bertz CT molecular complexity index is 621. The summed E-state index contributed by atoms with van der Waals surface area (Å²) in [5.41, 5.74) is 1.59. The lowest BCUT2D eigenvalue weighted by Gasteiger charge is -2.06. The van der Waals surface area contributed by atoms with E-state index in [9.17, 15) is 13.2 Å². The first-order valence-electron chi connectivity index (χ1n) is 6.27. The lowest BCUT2D eigenvalue weighted by molar-refractivity contribution is -0.142. The number of halogens is 4. The highest BCUT2D eigenvalue weighted by Gasteiger charge is 2.29. The summed E-state index contributed by atoms with van der Waals surface area (Å²) in [5.74, 6) is 0.925. The maximum atomic E-state index is 12.3. The van der Waals surface area contributed by atoms with E-state index in [1.807, 2.05) is 6.92 Å². The van der Waals surface area contributed by atoms with Crippen LogP contribution in [0.25, 0.3) is 0 Å². The molecule has 0 amide bonds. The van der Waals surface area contributed by atoms with Crippen LogP contribution >= 0.6 is 11.6 Å². The van der Waals surface area contributed by atoms with Crippen LogP contribution in [0.3, 0.4) is 0 Å². The lowest BCUT2D eigenvalue weighted by Crippen LogP contribution is -2.18. The van der Waals surface area contributed by atoms with Crippen LogP contribution in [0.4, 0.5) is 19.0 Å². The van der Waals surface area contributed by atoms with Crippen molar-refractivity contribution in [1.82, 2.24) is 14.9 Å². The molecule has 0 saturated carbocycles. The minimum atomic E-state index is -4.34. The number of rotatable bonds is 5. The van der Waals surface area contributed by atoms with Gasteiger partial charge in [-0.1, -0.05) is 23.7 Å². The first-order valence-corrected chi connectivity index (χ1v) is 6.65. The van der Waals surface area contributed by atoms with E-state index < -0.39 is 12.7 Å². The van der Waals surface area contributed by atoms with Crippen LogP contribution in [0.2, 0.25) is 5.02 Å². The Morgan fingerprint density at radius 3 is 2.76 bits per heavy atom. The molecule has 2 aromatic rings. The Labute approximate surface area is 124 Å². The van der Waals surface area contributed by atoms with Crippen LogP contribution in [0.5, 0.6) is 0 Å². The van der Waals surface area contributed by atoms with E-state index in [1.165, 1.54) is 0 Å².